The van der Waals surface area contributed by atoms with Crippen LogP contribution in [0.15, 0.2) is 35.5 Å². The minimum absolute atomic E-state index is 0.0584. The summed E-state index contributed by atoms with van der Waals surface area (Å²) in [7, 11) is 0. The van der Waals surface area contributed by atoms with Crippen LogP contribution in [0.2, 0.25) is 0 Å². The number of hydrogen-bond acceptors (Lipinski definition) is 4. The van der Waals surface area contributed by atoms with Crippen LogP contribution in [-0.4, -0.2) is 16.2 Å². The Morgan fingerprint density at radius 1 is 1.10 bits per heavy atom. The fourth-order valence-corrected chi connectivity index (χ4v) is 1.69. The molecule has 0 unspecified atom stereocenters. The van der Waals surface area contributed by atoms with Crippen molar-refractivity contribution in [1.82, 2.24) is 9.97 Å². The second kappa shape index (κ2) is 5.66. The molecule has 0 aliphatic carbocycles. The molecule has 0 saturated heterocycles. The zero-order chi connectivity index (χ0) is 14.8. The lowest BCUT2D eigenvalue weighted by atomic mass is 10.3. The molecule has 0 radical (unpaired) electrons. The van der Waals surface area contributed by atoms with Gasteiger partial charge in [-0.3, -0.25) is 0 Å². The molecule has 0 atom stereocenters. The lowest BCUT2D eigenvalue weighted by Crippen LogP contribution is -2.09. The van der Waals surface area contributed by atoms with E-state index in [0.29, 0.717) is 6.07 Å². The highest BCUT2D eigenvalue weighted by Crippen LogP contribution is 2.32. The van der Waals surface area contributed by atoms with E-state index in [1.807, 2.05) is 0 Å². The van der Waals surface area contributed by atoms with Crippen molar-refractivity contribution in [3.63, 3.8) is 0 Å². The van der Waals surface area contributed by atoms with Crippen molar-refractivity contribution >= 4 is 11.8 Å². The van der Waals surface area contributed by atoms with Gasteiger partial charge in [-0.25, -0.2) is 9.37 Å². The predicted octanol–water partition coefficient (Wildman–Crippen LogP) is 4.15. The van der Waals surface area contributed by atoms with Gasteiger partial charge in [0.25, 0.3) is 0 Å². The van der Waals surface area contributed by atoms with Crippen molar-refractivity contribution in [2.24, 2.45) is 0 Å². The average Bonchev–Trinajstić information content (AvgIpc) is 2.40. The molecule has 0 bridgehead atoms. The molecule has 1 heterocycles. The first-order chi connectivity index (χ1) is 9.38. The molecule has 106 valence electrons. The normalized spacial score (nSPS) is 11.4. The lowest BCUT2D eigenvalue weighted by Gasteiger charge is -2.10. The van der Waals surface area contributed by atoms with Gasteiger partial charge in [-0.05, 0) is 30.5 Å². The number of nitrogens with zero attached hydrogens (tertiary/aromatic N) is 2. The van der Waals surface area contributed by atoms with Crippen LogP contribution in [0.25, 0.3) is 0 Å². The third kappa shape index (κ3) is 3.60. The first kappa shape index (κ1) is 14.6. The highest BCUT2D eigenvalue weighted by atomic mass is 32.2. The second-order valence-electron chi connectivity index (χ2n) is 3.63. The molecule has 8 heteroatoms. The zero-order valence-corrected chi connectivity index (χ0v) is 10.9. The SMILES string of the molecule is CSc1nc(Oc2ccc(F)cc2)cc(C(F)(F)F)n1. The minimum atomic E-state index is -4.59. The van der Waals surface area contributed by atoms with Crippen LogP contribution in [-0.2, 0) is 6.18 Å². The number of rotatable bonds is 3. The van der Waals surface area contributed by atoms with Crippen LogP contribution in [0.4, 0.5) is 17.6 Å². The van der Waals surface area contributed by atoms with Gasteiger partial charge in [0.15, 0.2) is 10.9 Å². The molecule has 20 heavy (non-hydrogen) atoms. The van der Waals surface area contributed by atoms with Gasteiger partial charge < -0.3 is 4.74 Å². The number of halogens is 4. The number of thioether (sulfide) groups is 1. The molecule has 2 rings (SSSR count). The van der Waals surface area contributed by atoms with Crippen molar-refractivity contribution in [3.8, 4) is 11.6 Å². The van der Waals surface area contributed by atoms with E-state index in [9.17, 15) is 17.6 Å². The number of aromatic nitrogens is 2. The Balaban J connectivity index is 2.33. The van der Waals surface area contributed by atoms with E-state index in [4.69, 9.17) is 4.74 Å². The number of ether oxygens (including phenoxy) is 1. The minimum Gasteiger partial charge on any atom is -0.439 e. The predicted molar refractivity (Wildman–Crippen MR) is 65.3 cm³/mol. The van der Waals surface area contributed by atoms with Crippen LogP contribution in [0.3, 0.4) is 0 Å². The van der Waals surface area contributed by atoms with Crippen molar-refractivity contribution < 1.29 is 22.3 Å². The van der Waals surface area contributed by atoms with E-state index in [-0.39, 0.29) is 16.8 Å². The fourth-order valence-electron chi connectivity index (χ4n) is 1.32. The van der Waals surface area contributed by atoms with Gasteiger partial charge in [0.2, 0.25) is 5.88 Å². The molecule has 0 spiro atoms. The van der Waals surface area contributed by atoms with E-state index < -0.39 is 17.7 Å². The molecular formula is C12H8F4N2OS. The maximum Gasteiger partial charge on any atom is 0.433 e. The van der Waals surface area contributed by atoms with Crippen LogP contribution in [0.1, 0.15) is 5.69 Å². The Bertz CT molecular complexity index is 601. The molecule has 0 saturated carbocycles. The number of alkyl halides is 3. The Kier molecular flexibility index (Phi) is 4.12. The molecule has 3 nitrogen and oxygen atoms in total. The summed E-state index contributed by atoms with van der Waals surface area (Å²) in [5.41, 5.74) is -1.09. The van der Waals surface area contributed by atoms with Crippen molar-refractivity contribution in [2.75, 3.05) is 6.26 Å². The Labute approximate surface area is 116 Å². The summed E-state index contributed by atoms with van der Waals surface area (Å²) in [6, 6.07) is 5.56. The Morgan fingerprint density at radius 2 is 1.75 bits per heavy atom. The number of benzene rings is 1. The highest BCUT2D eigenvalue weighted by molar-refractivity contribution is 7.98. The van der Waals surface area contributed by atoms with Crippen molar-refractivity contribution in [2.45, 2.75) is 11.3 Å². The number of hydrogen-bond donors (Lipinski definition) is 0. The quantitative estimate of drug-likeness (QED) is 0.485. The van der Waals surface area contributed by atoms with Crippen molar-refractivity contribution in [3.05, 3.63) is 41.8 Å². The fraction of sp³-hybridized carbons (Fsp3) is 0.167. The van der Waals surface area contributed by atoms with E-state index in [1.54, 1.807) is 6.26 Å². The Hall–Kier alpha value is -1.83. The zero-order valence-electron chi connectivity index (χ0n) is 10.1. The summed E-state index contributed by atoms with van der Waals surface area (Å²) in [5.74, 6) is -0.533. The van der Waals surface area contributed by atoms with Crippen LogP contribution >= 0.6 is 11.8 Å². The maximum absolute atomic E-state index is 12.7. The first-order valence-corrected chi connectivity index (χ1v) is 6.54. The molecule has 0 amide bonds. The van der Waals surface area contributed by atoms with Gasteiger partial charge in [-0.1, -0.05) is 11.8 Å². The van der Waals surface area contributed by atoms with Crippen LogP contribution in [0, 0.1) is 5.82 Å². The van der Waals surface area contributed by atoms with Crippen molar-refractivity contribution in [1.29, 1.82) is 0 Å². The molecular weight excluding hydrogens is 296 g/mol. The average molecular weight is 304 g/mol. The molecule has 0 N–H and O–H groups in total. The molecule has 1 aromatic heterocycles. The van der Waals surface area contributed by atoms with Gasteiger partial charge in [0, 0.05) is 6.07 Å². The van der Waals surface area contributed by atoms with Gasteiger partial charge in [-0.2, -0.15) is 18.2 Å². The smallest absolute Gasteiger partial charge is 0.433 e. The summed E-state index contributed by atoms with van der Waals surface area (Å²) in [6.07, 6.45) is -3.04. The topological polar surface area (TPSA) is 35.0 Å². The van der Waals surface area contributed by atoms with Gasteiger partial charge in [-0.15, -0.1) is 0 Å². The summed E-state index contributed by atoms with van der Waals surface area (Å²) in [5, 5.41) is -0.0584. The van der Waals surface area contributed by atoms with Crippen LogP contribution in [0.5, 0.6) is 11.6 Å². The van der Waals surface area contributed by atoms with Gasteiger partial charge in [0.1, 0.15) is 11.6 Å². The summed E-state index contributed by atoms with van der Waals surface area (Å²) >= 11 is 0.964. The van der Waals surface area contributed by atoms with E-state index in [0.717, 1.165) is 23.9 Å². The van der Waals surface area contributed by atoms with Gasteiger partial charge >= 0.3 is 6.18 Å². The van der Waals surface area contributed by atoms with E-state index >= 15 is 0 Å². The third-order valence-corrected chi connectivity index (χ3v) is 2.74. The second-order valence-corrected chi connectivity index (χ2v) is 4.41. The summed E-state index contributed by atoms with van der Waals surface area (Å²) < 4.78 is 55.9. The lowest BCUT2D eigenvalue weighted by molar-refractivity contribution is -0.141. The largest absolute Gasteiger partial charge is 0.439 e. The first-order valence-electron chi connectivity index (χ1n) is 5.32. The molecule has 0 aliphatic heterocycles. The van der Waals surface area contributed by atoms with Gasteiger partial charge in [0.05, 0.1) is 0 Å². The summed E-state index contributed by atoms with van der Waals surface area (Å²) in [6.45, 7) is 0. The molecule has 1 aromatic carbocycles. The summed E-state index contributed by atoms with van der Waals surface area (Å²) in [4.78, 5) is 7.18. The van der Waals surface area contributed by atoms with E-state index in [2.05, 4.69) is 9.97 Å². The van der Waals surface area contributed by atoms with Crippen LogP contribution < -0.4 is 4.74 Å². The molecule has 0 fully saturated rings. The standard InChI is InChI=1S/C12H8F4N2OS/c1-20-11-17-9(12(14,15)16)6-10(18-11)19-8-4-2-7(13)3-5-8/h2-6H,1H3. The molecule has 0 aliphatic rings. The monoisotopic (exact) mass is 304 g/mol. The Morgan fingerprint density at radius 3 is 2.30 bits per heavy atom. The third-order valence-electron chi connectivity index (χ3n) is 2.19. The highest BCUT2D eigenvalue weighted by Gasteiger charge is 2.34. The molecule has 2 aromatic rings. The van der Waals surface area contributed by atoms with E-state index in [1.165, 1.54) is 12.1 Å². The maximum atomic E-state index is 12.7.